The van der Waals surface area contributed by atoms with Crippen molar-refractivity contribution in [3.63, 3.8) is 0 Å². The molecule has 0 aliphatic heterocycles. The topological polar surface area (TPSA) is 0 Å². The zero-order chi connectivity index (χ0) is 8.81. The van der Waals surface area contributed by atoms with Crippen LogP contribution < -0.4 is 0 Å². The van der Waals surface area contributed by atoms with Crippen LogP contribution in [0, 0.1) is 17.8 Å². The van der Waals surface area contributed by atoms with Crippen molar-refractivity contribution in [3.8, 4) is 11.8 Å². The lowest BCUT2D eigenvalue weighted by Crippen LogP contribution is -2.19. The third-order valence-electron chi connectivity index (χ3n) is 2.63. The van der Waals surface area contributed by atoms with Gasteiger partial charge in [0.2, 0.25) is 0 Å². The molecule has 0 spiro atoms. The predicted octanol–water partition coefficient (Wildman–Crippen LogP) is 3.59. The minimum Gasteiger partial charge on any atom is -0.123 e. The van der Waals surface area contributed by atoms with Crippen LogP contribution in [-0.2, 0) is 0 Å². The summed E-state index contributed by atoms with van der Waals surface area (Å²) in [6.07, 6.45) is 7.46. The molecule has 0 bridgehead atoms. The molecule has 1 heteroatoms. The SMILES string of the molecule is CC#CCCC1CCCCC1Cl. The van der Waals surface area contributed by atoms with Crippen molar-refractivity contribution in [2.75, 3.05) is 0 Å². The van der Waals surface area contributed by atoms with Crippen LogP contribution in [0.15, 0.2) is 0 Å². The van der Waals surface area contributed by atoms with Crippen molar-refractivity contribution in [2.45, 2.75) is 50.8 Å². The van der Waals surface area contributed by atoms with E-state index in [2.05, 4.69) is 11.8 Å². The summed E-state index contributed by atoms with van der Waals surface area (Å²) in [4.78, 5) is 0. The van der Waals surface area contributed by atoms with Gasteiger partial charge in [-0.05, 0) is 32.1 Å². The standard InChI is InChI=1S/C11H17Cl/c1-2-3-4-7-10-8-5-6-9-11(10)12/h10-11H,4-9H2,1H3. The molecule has 0 nitrogen and oxygen atoms in total. The molecule has 0 N–H and O–H groups in total. The van der Waals surface area contributed by atoms with Gasteiger partial charge in [0.1, 0.15) is 0 Å². The van der Waals surface area contributed by atoms with Crippen LogP contribution >= 0.6 is 11.6 Å². The molecular formula is C11H17Cl. The lowest BCUT2D eigenvalue weighted by Gasteiger charge is -2.26. The third-order valence-corrected chi connectivity index (χ3v) is 3.21. The normalized spacial score (nSPS) is 29.2. The molecule has 0 aromatic heterocycles. The Morgan fingerprint density at radius 1 is 1.33 bits per heavy atom. The Bertz CT molecular complexity index is 175. The summed E-state index contributed by atoms with van der Waals surface area (Å²) in [6.45, 7) is 1.90. The molecule has 0 aromatic rings. The molecular weight excluding hydrogens is 168 g/mol. The maximum atomic E-state index is 6.21. The smallest absolute Gasteiger partial charge is 0.0364 e. The fourth-order valence-electron chi connectivity index (χ4n) is 1.87. The van der Waals surface area contributed by atoms with Gasteiger partial charge in [0, 0.05) is 11.8 Å². The largest absolute Gasteiger partial charge is 0.123 e. The monoisotopic (exact) mass is 184 g/mol. The van der Waals surface area contributed by atoms with Crippen LogP contribution in [-0.4, -0.2) is 5.38 Å². The zero-order valence-electron chi connectivity index (χ0n) is 7.78. The van der Waals surface area contributed by atoms with Gasteiger partial charge in [0.25, 0.3) is 0 Å². The number of hydrogen-bond acceptors (Lipinski definition) is 0. The highest BCUT2D eigenvalue weighted by molar-refractivity contribution is 6.20. The lowest BCUT2D eigenvalue weighted by atomic mass is 9.86. The van der Waals surface area contributed by atoms with Crippen molar-refractivity contribution >= 4 is 11.6 Å². The molecule has 68 valence electrons. The summed E-state index contributed by atoms with van der Waals surface area (Å²) in [6, 6.07) is 0. The van der Waals surface area contributed by atoms with Crippen molar-refractivity contribution in [3.05, 3.63) is 0 Å². The van der Waals surface area contributed by atoms with Gasteiger partial charge in [0.05, 0.1) is 0 Å². The highest BCUT2D eigenvalue weighted by atomic mass is 35.5. The first-order valence-corrected chi connectivity index (χ1v) is 5.32. The molecule has 2 atom stereocenters. The molecule has 1 aliphatic rings. The number of hydrogen-bond donors (Lipinski definition) is 0. The van der Waals surface area contributed by atoms with Crippen LogP contribution in [0.5, 0.6) is 0 Å². The van der Waals surface area contributed by atoms with Crippen molar-refractivity contribution in [2.24, 2.45) is 5.92 Å². The first-order chi connectivity index (χ1) is 5.84. The van der Waals surface area contributed by atoms with Gasteiger partial charge >= 0.3 is 0 Å². The average molecular weight is 185 g/mol. The zero-order valence-corrected chi connectivity index (χ0v) is 8.53. The van der Waals surface area contributed by atoms with Gasteiger partial charge in [-0.2, -0.15) is 0 Å². The number of halogens is 1. The molecule has 1 fully saturated rings. The number of alkyl halides is 1. The highest BCUT2D eigenvalue weighted by Crippen LogP contribution is 2.31. The Balaban J connectivity index is 2.23. The summed E-state index contributed by atoms with van der Waals surface area (Å²) < 4.78 is 0. The van der Waals surface area contributed by atoms with E-state index in [1.165, 1.54) is 32.1 Å². The Morgan fingerprint density at radius 2 is 2.08 bits per heavy atom. The van der Waals surface area contributed by atoms with Gasteiger partial charge < -0.3 is 0 Å². The summed E-state index contributed by atoms with van der Waals surface area (Å²) >= 11 is 6.21. The number of rotatable bonds is 2. The second-order valence-electron chi connectivity index (χ2n) is 3.53. The van der Waals surface area contributed by atoms with E-state index in [0.29, 0.717) is 5.38 Å². The molecule has 0 aromatic carbocycles. The summed E-state index contributed by atoms with van der Waals surface area (Å²) in [5.74, 6) is 6.77. The molecule has 1 saturated carbocycles. The Kier molecular flexibility index (Phi) is 4.54. The second kappa shape index (κ2) is 5.49. The maximum absolute atomic E-state index is 6.21. The average Bonchev–Trinajstić information content (AvgIpc) is 2.09. The maximum Gasteiger partial charge on any atom is 0.0364 e. The van der Waals surface area contributed by atoms with Crippen LogP contribution in [0.2, 0.25) is 0 Å². The minimum absolute atomic E-state index is 0.428. The van der Waals surface area contributed by atoms with Gasteiger partial charge in [-0.25, -0.2) is 0 Å². The van der Waals surface area contributed by atoms with Gasteiger partial charge in [-0.1, -0.05) is 12.8 Å². The van der Waals surface area contributed by atoms with Crippen molar-refractivity contribution < 1.29 is 0 Å². The molecule has 0 amide bonds. The van der Waals surface area contributed by atoms with Crippen LogP contribution in [0.25, 0.3) is 0 Å². The van der Waals surface area contributed by atoms with E-state index >= 15 is 0 Å². The summed E-state index contributed by atoms with van der Waals surface area (Å²) in [7, 11) is 0. The fraction of sp³-hybridized carbons (Fsp3) is 0.818. The minimum atomic E-state index is 0.428. The van der Waals surface area contributed by atoms with E-state index in [1.807, 2.05) is 6.92 Å². The van der Waals surface area contributed by atoms with E-state index in [9.17, 15) is 0 Å². The van der Waals surface area contributed by atoms with Gasteiger partial charge in [-0.3, -0.25) is 0 Å². The molecule has 0 heterocycles. The summed E-state index contributed by atoms with van der Waals surface area (Å²) in [5, 5.41) is 0.428. The first-order valence-electron chi connectivity index (χ1n) is 4.88. The predicted molar refractivity (Wildman–Crippen MR) is 54.3 cm³/mol. The van der Waals surface area contributed by atoms with Crippen LogP contribution in [0.3, 0.4) is 0 Å². The Hall–Kier alpha value is -0.150. The van der Waals surface area contributed by atoms with Crippen LogP contribution in [0.4, 0.5) is 0 Å². The molecule has 12 heavy (non-hydrogen) atoms. The molecule has 2 unspecified atom stereocenters. The van der Waals surface area contributed by atoms with E-state index in [0.717, 1.165) is 12.3 Å². The molecule has 0 saturated heterocycles. The first kappa shape index (κ1) is 9.93. The quantitative estimate of drug-likeness (QED) is 0.455. The summed E-state index contributed by atoms with van der Waals surface area (Å²) in [5.41, 5.74) is 0. The van der Waals surface area contributed by atoms with E-state index in [-0.39, 0.29) is 0 Å². The van der Waals surface area contributed by atoms with Gasteiger partial charge in [-0.15, -0.1) is 23.4 Å². The van der Waals surface area contributed by atoms with E-state index < -0.39 is 0 Å². The van der Waals surface area contributed by atoms with E-state index in [4.69, 9.17) is 11.6 Å². The Labute approximate surface area is 80.7 Å². The second-order valence-corrected chi connectivity index (χ2v) is 4.09. The molecule has 1 aliphatic carbocycles. The van der Waals surface area contributed by atoms with Crippen LogP contribution in [0.1, 0.15) is 45.4 Å². The van der Waals surface area contributed by atoms with Gasteiger partial charge in [0.15, 0.2) is 0 Å². The lowest BCUT2D eigenvalue weighted by molar-refractivity contribution is 0.349. The van der Waals surface area contributed by atoms with Crippen molar-refractivity contribution in [1.82, 2.24) is 0 Å². The van der Waals surface area contributed by atoms with Crippen molar-refractivity contribution in [1.29, 1.82) is 0 Å². The van der Waals surface area contributed by atoms with E-state index in [1.54, 1.807) is 0 Å². The fourth-order valence-corrected chi connectivity index (χ4v) is 2.28. The molecule has 1 rings (SSSR count). The Morgan fingerprint density at radius 3 is 2.75 bits per heavy atom. The third kappa shape index (κ3) is 3.07. The molecule has 0 radical (unpaired) electrons. The highest BCUT2D eigenvalue weighted by Gasteiger charge is 2.21.